The summed E-state index contributed by atoms with van der Waals surface area (Å²) in [5, 5.41) is 21.1. The van der Waals surface area contributed by atoms with Crippen LogP contribution in [0.15, 0.2) is 16.7 Å². The van der Waals surface area contributed by atoms with E-state index in [9.17, 15) is 15.2 Å². The van der Waals surface area contributed by atoms with Gasteiger partial charge in [-0.25, -0.2) is 4.98 Å². The molecule has 2 atom stereocenters. The second-order valence-corrected chi connectivity index (χ2v) is 5.70. The van der Waals surface area contributed by atoms with E-state index in [1.54, 1.807) is 11.9 Å². The lowest BCUT2D eigenvalue weighted by Crippen LogP contribution is -2.44. The van der Waals surface area contributed by atoms with E-state index < -0.39 is 11.0 Å². The van der Waals surface area contributed by atoms with Crippen molar-refractivity contribution in [2.24, 2.45) is 0 Å². The molecule has 7 heteroatoms. The van der Waals surface area contributed by atoms with Crippen molar-refractivity contribution in [2.75, 3.05) is 11.9 Å². The van der Waals surface area contributed by atoms with Crippen LogP contribution in [0.25, 0.3) is 0 Å². The molecule has 0 bridgehead atoms. The monoisotopic (exact) mass is 329 g/mol. The van der Waals surface area contributed by atoms with Crippen molar-refractivity contribution >= 4 is 27.4 Å². The average Bonchev–Trinajstić information content (AvgIpc) is 2.38. The largest absolute Gasteiger partial charge is 0.391 e. The molecule has 1 N–H and O–H groups in total. The fraction of sp³-hybridized carbons (Fsp3) is 0.583. The number of hydrogen-bond donors (Lipinski definition) is 1. The molecule has 1 aliphatic carbocycles. The molecule has 2 rings (SSSR count). The van der Waals surface area contributed by atoms with Crippen molar-refractivity contribution in [1.82, 2.24) is 4.98 Å². The van der Waals surface area contributed by atoms with Crippen LogP contribution in [0.5, 0.6) is 0 Å². The van der Waals surface area contributed by atoms with Gasteiger partial charge in [-0.05, 0) is 28.8 Å². The maximum atomic E-state index is 11.1. The van der Waals surface area contributed by atoms with Crippen molar-refractivity contribution in [3.8, 4) is 0 Å². The summed E-state index contributed by atoms with van der Waals surface area (Å²) in [6.45, 7) is 0. The van der Waals surface area contributed by atoms with E-state index in [4.69, 9.17) is 0 Å². The minimum atomic E-state index is -0.455. The van der Waals surface area contributed by atoms with Crippen LogP contribution in [-0.4, -0.2) is 34.2 Å². The molecule has 0 spiro atoms. The molecular formula is C12H16BrN3O3. The Morgan fingerprint density at radius 2 is 2.21 bits per heavy atom. The number of anilines is 1. The molecule has 1 heterocycles. The summed E-state index contributed by atoms with van der Waals surface area (Å²) in [6.07, 6.45) is 4.67. The zero-order valence-electron chi connectivity index (χ0n) is 10.6. The maximum Gasteiger partial charge on any atom is 0.312 e. The molecule has 104 valence electrons. The summed E-state index contributed by atoms with van der Waals surface area (Å²) in [6, 6.07) is 1.33. The maximum absolute atomic E-state index is 11.1. The Morgan fingerprint density at radius 3 is 2.84 bits per heavy atom. The van der Waals surface area contributed by atoms with E-state index in [-0.39, 0.29) is 11.7 Å². The number of aliphatic hydroxyl groups excluding tert-OH is 1. The van der Waals surface area contributed by atoms with Gasteiger partial charge in [-0.3, -0.25) is 10.1 Å². The van der Waals surface area contributed by atoms with Crippen LogP contribution in [0.1, 0.15) is 25.7 Å². The van der Waals surface area contributed by atoms with Gasteiger partial charge in [0.25, 0.3) is 0 Å². The standard InChI is InChI=1S/C12H16BrN3O3/c1-15(9-4-2-3-5-11(9)17)12-10(16(18)19)6-8(13)7-14-12/h6-7,9,11,17H,2-5H2,1H3. The lowest BCUT2D eigenvalue weighted by atomic mass is 9.91. The van der Waals surface area contributed by atoms with Crippen molar-refractivity contribution < 1.29 is 10.0 Å². The van der Waals surface area contributed by atoms with E-state index in [0.717, 1.165) is 25.7 Å². The number of hydrogen-bond acceptors (Lipinski definition) is 5. The first-order valence-corrected chi connectivity index (χ1v) is 7.01. The van der Waals surface area contributed by atoms with Crippen molar-refractivity contribution in [2.45, 2.75) is 37.8 Å². The number of halogens is 1. The Balaban J connectivity index is 2.32. The summed E-state index contributed by atoms with van der Waals surface area (Å²) in [5.74, 6) is 0.305. The Hall–Kier alpha value is -1.21. The SMILES string of the molecule is CN(c1ncc(Br)cc1[N+](=O)[O-])C1CCCCC1O. The summed E-state index contributed by atoms with van der Waals surface area (Å²) in [5.41, 5.74) is -0.0466. The number of aliphatic hydroxyl groups is 1. The molecule has 1 aromatic heterocycles. The van der Waals surface area contributed by atoms with Crippen molar-refractivity contribution in [3.63, 3.8) is 0 Å². The van der Waals surface area contributed by atoms with Gasteiger partial charge in [0.05, 0.1) is 17.1 Å². The molecule has 1 saturated carbocycles. The lowest BCUT2D eigenvalue weighted by Gasteiger charge is -2.35. The Morgan fingerprint density at radius 1 is 1.53 bits per heavy atom. The minimum absolute atomic E-state index is 0.0466. The fourth-order valence-corrected chi connectivity index (χ4v) is 2.85. The predicted octanol–water partition coefficient (Wildman–Crippen LogP) is 2.49. The smallest absolute Gasteiger partial charge is 0.312 e. The van der Waals surface area contributed by atoms with E-state index >= 15 is 0 Å². The number of likely N-dealkylation sites (N-methyl/N-ethyl adjacent to an activating group) is 1. The second-order valence-electron chi connectivity index (χ2n) is 4.78. The third kappa shape index (κ3) is 3.03. The highest BCUT2D eigenvalue weighted by Gasteiger charge is 2.31. The fourth-order valence-electron chi connectivity index (χ4n) is 2.53. The molecule has 0 radical (unpaired) electrons. The van der Waals surface area contributed by atoms with Gasteiger partial charge >= 0.3 is 5.69 Å². The first-order valence-electron chi connectivity index (χ1n) is 6.21. The van der Waals surface area contributed by atoms with Gasteiger partial charge in [0.1, 0.15) is 0 Å². The summed E-state index contributed by atoms with van der Waals surface area (Å²) < 4.78 is 0.570. The Bertz CT molecular complexity index is 483. The zero-order chi connectivity index (χ0) is 14.0. The molecule has 19 heavy (non-hydrogen) atoms. The molecule has 0 amide bonds. The summed E-state index contributed by atoms with van der Waals surface area (Å²) in [7, 11) is 1.75. The highest BCUT2D eigenvalue weighted by Crippen LogP contribution is 2.32. The highest BCUT2D eigenvalue weighted by molar-refractivity contribution is 9.10. The van der Waals surface area contributed by atoms with Crippen LogP contribution in [0.2, 0.25) is 0 Å². The number of pyridine rings is 1. The molecule has 0 saturated heterocycles. The predicted molar refractivity (Wildman–Crippen MR) is 75.3 cm³/mol. The van der Waals surface area contributed by atoms with E-state index in [1.807, 2.05) is 0 Å². The van der Waals surface area contributed by atoms with E-state index in [1.165, 1.54) is 12.3 Å². The Labute approximate surface area is 119 Å². The zero-order valence-corrected chi connectivity index (χ0v) is 12.2. The summed E-state index contributed by atoms with van der Waals surface area (Å²) >= 11 is 3.19. The first kappa shape index (κ1) is 14.2. The van der Waals surface area contributed by atoms with Crippen molar-refractivity contribution in [1.29, 1.82) is 0 Å². The normalized spacial score (nSPS) is 23.1. The number of aromatic nitrogens is 1. The molecule has 1 fully saturated rings. The quantitative estimate of drug-likeness (QED) is 0.680. The van der Waals surface area contributed by atoms with E-state index in [0.29, 0.717) is 10.3 Å². The molecule has 2 unspecified atom stereocenters. The van der Waals surface area contributed by atoms with Crippen LogP contribution >= 0.6 is 15.9 Å². The number of rotatable bonds is 3. The van der Waals surface area contributed by atoms with Gasteiger partial charge < -0.3 is 10.0 Å². The Kier molecular flexibility index (Phi) is 4.36. The van der Waals surface area contributed by atoms with Crippen LogP contribution in [0.4, 0.5) is 11.5 Å². The van der Waals surface area contributed by atoms with Crippen LogP contribution in [0.3, 0.4) is 0 Å². The minimum Gasteiger partial charge on any atom is -0.391 e. The lowest BCUT2D eigenvalue weighted by molar-refractivity contribution is -0.384. The number of nitrogens with zero attached hydrogens (tertiary/aromatic N) is 3. The van der Waals surface area contributed by atoms with Gasteiger partial charge in [-0.2, -0.15) is 0 Å². The molecule has 1 aromatic rings. The third-order valence-electron chi connectivity index (χ3n) is 3.54. The number of nitro groups is 1. The van der Waals surface area contributed by atoms with Crippen LogP contribution in [0, 0.1) is 10.1 Å². The molecular weight excluding hydrogens is 314 g/mol. The first-order chi connectivity index (χ1) is 9.00. The van der Waals surface area contributed by atoms with Crippen molar-refractivity contribution in [3.05, 3.63) is 26.9 Å². The molecule has 1 aliphatic rings. The van der Waals surface area contributed by atoms with Gasteiger partial charge in [-0.1, -0.05) is 12.8 Å². The topological polar surface area (TPSA) is 79.5 Å². The van der Waals surface area contributed by atoms with Gasteiger partial charge in [0, 0.05) is 23.8 Å². The van der Waals surface area contributed by atoms with Gasteiger partial charge in [-0.15, -0.1) is 0 Å². The second kappa shape index (κ2) is 5.83. The van der Waals surface area contributed by atoms with Crippen LogP contribution in [-0.2, 0) is 0 Å². The summed E-state index contributed by atoms with van der Waals surface area (Å²) in [4.78, 5) is 16.5. The van der Waals surface area contributed by atoms with Gasteiger partial charge in [0.15, 0.2) is 0 Å². The van der Waals surface area contributed by atoms with E-state index in [2.05, 4.69) is 20.9 Å². The molecule has 0 aromatic carbocycles. The van der Waals surface area contributed by atoms with Crippen LogP contribution < -0.4 is 4.90 Å². The highest BCUT2D eigenvalue weighted by atomic mass is 79.9. The third-order valence-corrected chi connectivity index (χ3v) is 3.97. The molecule has 0 aliphatic heterocycles. The van der Waals surface area contributed by atoms with Gasteiger partial charge in [0.2, 0.25) is 5.82 Å². The average molecular weight is 330 g/mol. The molecule has 6 nitrogen and oxygen atoms in total.